The van der Waals surface area contributed by atoms with Crippen LogP contribution in [0, 0.1) is 0 Å². The van der Waals surface area contributed by atoms with Crippen LogP contribution in [0.1, 0.15) is 44.4 Å². The van der Waals surface area contributed by atoms with E-state index in [9.17, 15) is 8.78 Å². The standard InChI is InChI=1S/C16H24F2N2O/c1-11-9-20(10-16(2,3)21-11)14(8-19)12-4-6-13(7-5-12)15(17)18/h4-7,11,14-15H,8-10,19H2,1-3H3. The van der Waals surface area contributed by atoms with E-state index in [4.69, 9.17) is 10.5 Å². The quantitative estimate of drug-likeness (QED) is 0.928. The van der Waals surface area contributed by atoms with Crippen molar-refractivity contribution in [3.63, 3.8) is 0 Å². The predicted molar refractivity (Wildman–Crippen MR) is 79.4 cm³/mol. The summed E-state index contributed by atoms with van der Waals surface area (Å²) in [6.45, 7) is 8.18. The molecule has 0 aromatic heterocycles. The van der Waals surface area contributed by atoms with Crippen LogP contribution in [0.15, 0.2) is 24.3 Å². The predicted octanol–water partition coefficient (Wildman–Crippen LogP) is 3.12. The lowest BCUT2D eigenvalue weighted by molar-refractivity contribution is -0.137. The van der Waals surface area contributed by atoms with Crippen molar-refractivity contribution in [1.82, 2.24) is 4.90 Å². The molecule has 1 aliphatic heterocycles. The van der Waals surface area contributed by atoms with Crippen molar-refractivity contribution in [1.29, 1.82) is 0 Å². The lowest BCUT2D eigenvalue weighted by Crippen LogP contribution is -2.53. The summed E-state index contributed by atoms with van der Waals surface area (Å²) >= 11 is 0. The zero-order chi connectivity index (χ0) is 15.6. The number of nitrogens with two attached hydrogens (primary N) is 1. The Kier molecular flexibility index (Phi) is 4.96. The largest absolute Gasteiger partial charge is 0.370 e. The minimum atomic E-state index is -2.43. The van der Waals surface area contributed by atoms with Crippen LogP contribution in [0.4, 0.5) is 8.78 Å². The fourth-order valence-corrected chi connectivity index (χ4v) is 3.10. The first-order valence-electron chi connectivity index (χ1n) is 7.32. The third kappa shape index (κ3) is 3.99. The van der Waals surface area contributed by atoms with Gasteiger partial charge in [0, 0.05) is 31.2 Å². The van der Waals surface area contributed by atoms with Crippen LogP contribution in [-0.2, 0) is 4.74 Å². The number of alkyl halides is 2. The van der Waals surface area contributed by atoms with Crippen LogP contribution < -0.4 is 5.73 Å². The maximum absolute atomic E-state index is 12.6. The van der Waals surface area contributed by atoms with Crippen LogP contribution in [0.3, 0.4) is 0 Å². The van der Waals surface area contributed by atoms with Gasteiger partial charge in [-0.1, -0.05) is 24.3 Å². The van der Waals surface area contributed by atoms with Gasteiger partial charge in [0.2, 0.25) is 0 Å². The number of benzene rings is 1. The molecule has 5 heteroatoms. The van der Waals surface area contributed by atoms with Gasteiger partial charge in [-0.3, -0.25) is 4.90 Å². The molecule has 2 atom stereocenters. The summed E-state index contributed by atoms with van der Waals surface area (Å²) < 4.78 is 31.2. The average molecular weight is 298 g/mol. The van der Waals surface area contributed by atoms with Crippen LogP contribution in [0.2, 0.25) is 0 Å². The van der Waals surface area contributed by atoms with E-state index in [1.807, 2.05) is 6.92 Å². The molecule has 1 fully saturated rings. The molecule has 2 rings (SSSR count). The van der Waals surface area contributed by atoms with E-state index in [0.29, 0.717) is 6.54 Å². The molecule has 2 N–H and O–H groups in total. The normalized spacial score (nSPS) is 24.2. The smallest absolute Gasteiger partial charge is 0.263 e. The van der Waals surface area contributed by atoms with Gasteiger partial charge in [-0.25, -0.2) is 8.78 Å². The van der Waals surface area contributed by atoms with Gasteiger partial charge in [-0.05, 0) is 26.3 Å². The zero-order valence-corrected chi connectivity index (χ0v) is 12.9. The number of hydrogen-bond acceptors (Lipinski definition) is 3. The molecule has 3 nitrogen and oxygen atoms in total. The Labute approximate surface area is 125 Å². The fourth-order valence-electron chi connectivity index (χ4n) is 3.10. The van der Waals surface area contributed by atoms with E-state index in [1.54, 1.807) is 12.1 Å². The highest BCUT2D eigenvalue weighted by Crippen LogP contribution is 2.29. The van der Waals surface area contributed by atoms with Crippen molar-refractivity contribution in [2.24, 2.45) is 5.73 Å². The van der Waals surface area contributed by atoms with Crippen molar-refractivity contribution < 1.29 is 13.5 Å². The molecule has 1 aromatic rings. The number of nitrogens with zero attached hydrogens (tertiary/aromatic N) is 1. The molecule has 1 heterocycles. The molecular weight excluding hydrogens is 274 g/mol. The van der Waals surface area contributed by atoms with Crippen LogP contribution >= 0.6 is 0 Å². The number of morpholine rings is 1. The maximum atomic E-state index is 12.6. The van der Waals surface area contributed by atoms with Gasteiger partial charge >= 0.3 is 0 Å². The highest BCUT2D eigenvalue weighted by molar-refractivity contribution is 5.26. The number of rotatable bonds is 4. The molecule has 21 heavy (non-hydrogen) atoms. The molecule has 0 aliphatic carbocycles. The summed E-state index contributed by atoms with van der Waals surface area (Å²) in [6.07, 6.45) is -2.30. The van der Waals surface area contributed by atoms with Gasteiger partial charge in [0.1, 0.15) is 0 Å². The average Bonchev–Trinajstić information content (AvgIpc) is 2.37. The molecule has 2 unspecified atom stereocenters. The molecule has 0 amide bonds. The molecular formula is C16H24F2N2O. The number of ether oxygens (including phenoxy) is 1. The fraction of sp³-hybridized carbons (Fsp3) is 0.625. The van der Waals surface area contributed by atoms with E-state index >= 15 is 0 Å². The van der Waals surface area contributed by atoms with Gasteiger partial charge in [0.05, 0.1) is 11.7 Å². The molecule has 1 aromatic carbocycles. The van der Waals surface area contributed by atoms with Gasteiger partial charge in [0.25, 0.3) is 6.43 Å². The SMILES string of the molecule is CC1CN(C(CN)c2ccc(C(F)F)cc2)CC(C)(C)O1. The van der Waals surface area contributed by atoms with E-state index in [-0.39, 0.29) is 23.3 Å². The van der Waals surface area contributed by atoms with Gasteiger partial charge in [-0.15, -0.1) is 0 Å². The Bertz CT molecular complexity index is 462. The molecule has 1 aliphatic rings. The Morgan fingerprint density at radius 2 is 1.86 bits per heavy atom. The van der Waals surface area contributed by atoms with Crippen molar-refractivity contribution in [3.05, 3.63) is 35.4 Å². The third-order valence-electron chi connectivity index (χ3n) is 3.83. The highest BCUT2D eigenvalue weighted by atomic mass is 19.3. The monoisotopic (exact) mass is 298 g/mol. The van der Waals surface area contributed by atoms with Crippen molar-refractivity contribution >= 4 is 0 Å². The zero-order valence-electron chi connectivity index (χ0n) is 12.9. The second-order valence-corrected chi connectivity index (χ2v) is 6.34. The molecule has 0 spiro atoms. The summed E-state index contributed by atoms with van der Waals surface area (Å²) in [5.41, 5.74) is 6.73. The van der Waals surface area contributed by atoms with E-state index in [0.717, 1.165) is 18.7 Å². The van der Waals surface area contributed by atoms with Crippen molar-refractivity contribution in [2.75, 3.05) is 19.6 Å². The summed E-state index contributed by atoms with van der Waals surface area (Å²) in [4.78, 5) is 2.28. The van der Waals surface area contributed by atoms with Crippen LogP contribution in [0.25, 0.3) is 0 Å². The van der Waals surface area contributed by atoms with Crippen LogP contribution in [0.5, 0.6) is 0 Å². The first-order valence-corrected chi connectivity index (χ1v) is 7.32. The molecule has 0 saturated carbocycles. The van der Waals surface area contributed by atoms with Gasteiger partial charge < -0.3 is 10.5 Å². The lowest BCUT2D eigenvalue weighted by Gasteiger charge is -2.45. The Balaban J connectivity index is 2.18. The third-order valence-corrected chi connectivity index (χ3v) is 3.83. The topological polar surface area (TPSA) is 38.5 Å². The lowest BCUT2D eigenvalue weighted by atomic mass is 9.98. The van der Waals surface area contributed by atoms with Gasteiger partial charge in [-0.2, -0.15) is 0 Å². The Hall–Kier alpha value is -1.04. The molecule has 0 bridgehead atoms. The van der Waals surface area contributed by atoms with Crippen molar-refractivity contribution in [2.45, 2.75) is 44.9 Å². The molecule has 118 valence electrons. The van der Waals surface area contributed by atoms with E-state index in [1.165, 1.54) is 12.1 Å². The summed E-state index contributed by atoms with van der Waals surface area (Å²) in [5, 5.41) is 0. The second kappa shape index (κ2) is 6.38. The Morgan fingerprint density at radius 1 is 1.29 bits per heavy atom. The Morgan fingerprint density at radius 3 is 2.33 bits per heavy atom. The number of hydrogen-bond donors (Lipinski definition) is 1. The number of halogens is 2. The minimum Gasteiger partial charge on any atom is -0.370 e. The summed E-state index contributed by atoms with van der Waals surface area (Å²) in [5.74, 6) is 0. The van der Waals surface area contributed by atoms with E-state index < -0.39 is 6.43 Å². The van der Waals surface area contributed by atoms with Gasteiger partial charge in [0.15, 0.2) is 0 Å². The molecule has 1 saturated heterocycles. The summed E-state index contributed by atoms with van der Waals surface area (Å²) in [7, 11) is 0. The second-order valence-electron chi connectivity index (χ2n) is 6.34. The minimum absolute atomic E-state index is 0.0300. The van der Waals surface area contributed by atoms with Crippen LogP contribution in [-0.4, -0.2) is 36.2 Å². The first-order chi connectivity index (χ1) is 9.82. The molecule has 0 radical (unpaired) electrons. The summed E-state index contributed by atoms with van der Waals surface area (Å²) in [6, 6.07) is 6.51. The maximum Gasteiger partial charge on any atom is 0.263 e. The van der Waals surface area contributed by atoms with E-state index in [2.05, 4.69) is 18.7 Å². The highest BCUT2D eigenvalue weighted by Gasteiger charge is 2.34. The first kappa shape index (κ1) is 16.3. The van der Waals surface area contributed by atoms with Crippen molar-refractivity contribution in [3.8, 4) is 0 Å².